The molecule has 3 heterocycles. The molecule has 3 aliphatic heterocycles. The Hall–Kier alpha value is -1.21. The van der Waals surface area contributed by atoms with Crippen molar-refractivity contribution in [3.63, 3.8) is 0 Å². The minimum atomic E-state index is -1.97. The summed E-state index contributed by atoms with van der Waals surface area (Å²) in [7, 11) is 0. The monoisotopic (exact) mass is 1140 g/mol. The molecule has 12 N–H and O–H groups in total. The van der Waals surface area contributed by atoms with Gasteiger partial charge < -0.3 is 89.9 Å². The van der Waals surface area contributed by atoms with Gasteiger partial charge in [0.25, 0.3) is 0 Å². The lowest BCUT2D eigenvalue weighted by Crippen LogP contribution is -2.66. The first-order valence-electron chi connectivity index (χ1n) is 31.8. The van der Waals surface area contributed by atoms with E-state index in [-0.39, 0.29) is 18.9 Å². The number of hydrogen-bond acceptors (Lipinski definition) is 18. The number of hydrogen-bond donors (Lipinski definition) is 12. The van der Waals surface area contributed by atoms with E-state index >= 15 is 0 Å². The molecule has 3 fully saturated rings. The van der Waals surface area contributed by atoms with Crippen molar-refractivity contribution in [1.29, 1.82) is 0 Å². The standard InChI is InChI=1S/C60H115NO18/c1-3-5-7-9-10-11-12-13-14-15-16-17-18-19-20-21-22-23-24-25-26-27-28-29-30-31-32-34-35-37-44(65)43(61-48(66)38-36-33-8-6-4-2)42-74-58-54(72)51(69)56(46(40-63)76-58)79-60-55(73)52(70)57(47(41-64)77-60)78-59-53(71)50(68)49(67)45(39-62)75-59/h43-47,49-60,62-65,67-73H,3-42H2,1-2H3,(H,61,66). The van der Waals surface area contributed by atoms with Crippen molar-refractivity contribution in [2.24, 2.45) is 0 Å². The highest BCUT2D eigenvalue weighted by Gasteiger charge is 2.53. The van der Waals surface area contributed by atoms with E-state index in [1.807, 2.05) is 0 Å². The fourth-order valence-corrected chi connectivity index (χ4v) is 11.2. The summed E-state index contributed by atoms with van der Waals surface area (Å²) in [4.78, 5) is 13.1. The number of carbonyl (C=O) groups excluding carboxylic acids is 1. The van der Waals surface area contributed by atoms with Crippen LogP contribution in [0.3, 0.4) is 0 Å². The number of nitrogens with one attached hydrogen (secondary N) is 1. The van der Waals surface area contributed by atoms with Crippen LogP contribution in [0.25, 0.3) is 0 Å². The molecule has 79 heavy (non-hydrogen) atoms. The Kier molecular flexibility index (Phi) is 40.4. The second kappa shape index (κ2) is 44.3. The van der Waals surface area contributed by atoms with Crippen molar-refractivity contribution in [3.8, 4) is 0 Å². The highest BCUT2D eigenvalue weighted by Crippen LogP contribution is 2.33. The average Bonchev–Trinajstić information content (AvgIpc) is 3.54. The van der Waals surface area contributed by atoms with Crippen LogP contribution in [0.1, 0.15) is 245 Å². The zero-order valence-electron chi connectivity index (χ0n) is 48.9. The molecule has 19 heteroatoms. The van der Waals surface area contributed by atoms with Gasteiger partial charge in [-0.2, -0.15) is 0 Å². The van der Waals surface area contributed by atoms with Crippen LogP contribution in [-0.4, -0.2) is 193 Å². The van der Waals surface area contributed by atoms with E-state index < -0.39 is 124 Å². The molecule has 3 aliphatic rings. The topological polar surface area (TPSA) is 307 Å². The van der Waals surface area contributed by atoms with Gasteiger partial charge >= 0.3 is 0 Å². The number of carbonyl (C=O) groups is 1. The highest BCUT2D eigenvalue weighted by atomic mass is 16.8. The van der Waals surface area contributed by atoms with Gasteiger partial charge in [-0.15, -0.1) is 0 Å². The van der Waals surface area contributed by atoms with Gasteiger partial charge in [-0.1, -0.05) is 226 Å². The third-order valence-electron chi connectivity index (χ3n) is 16.4. The molecule has 0 bridgehead atoms. The molecule has 0 aromatic carbocycles. The molecule has 0 aromatic heterocycles. The normalized spacial score (nSPS) is 30.2. The summed E-state index contributed by atoms with van der Waals surface area (Å²) in [6, 6.07) is -0.878. The van der Waals surface area contributed by atoms with Crippen LogP contribution in [0.4, 0.5) is 0 Å². The van der Waals surface area contributed by atoms with Crippen LogP contribution in [0, 0.1) is 0 Å². The van der Waals surface area contributed by atoms with Crippen LogP contribution < -0.4 is 5.32 Å². The lowest BCUT2D eigenvalue weighted by atomic mass is 9.96. The Labute approximate surface area is 474 Å². The van der Waals surface area contributed by atoms with Crippen molar-refractivity contribution in [2.75, 3.05) is 26.4 Å². The molecule has 0 saturated carbocycles. The molecule has 17 atom stereocenters. The van der Waals surface area contributed by atoms with E-state index in [4.69, 9.17) is 28.4 Å². The van der Waals surface area contributed by atoms with Gasteiger partial charge in [-0.3, -0.25) is 4.79 Å². The molecule has 468 valence electrons. The number of unbranched alkanes of at least 4 members (excludes halogenated alkanes) is 32. The van der Waals surface area contributed by atoms with Crippen LogP contribution in [0.2, 0.25) is 0 Å². The summed E-state index contributed by atoms with van der Waals surface area (Å²) in [5, 5.41) is 120. The van der Waals surface area contributed by atoms with Crippen LogP contribution in [0.5, 0.6) is 0 Å². The third kappa shape index (κ3) is 28.0. The number of aliphatic hydroxyl groups excluding tert-OH is 11. The minimum Gasteiger partial charge on any atom is -0.394 e. The zero-order chi connectivity index (χ0) is 57.6. The molecule has 0 aromatic rings. The van der Waals surface area contributed by atoms with Crippen LogP contribution in [-0.2, 0) is 33.2 Å². The Morgan fingerprint density at radius 1 is 0.405 bits per heavy atom. The van der Waals surface area contributed by atoms with Gasteiger partial charge in [-0.05, 0) is 12.8 Å². The Morgan fingerprint density at radius 2 is 0.722 bits per heavy atom. The van der Waals surface area contributed by atoms with Gasteiger partial charge in [0.15, 0.2) is 18.9 Å². The summed E-state index contributed by atoms with van der Waals surface area (Å²) < 4.78 is 34.2. The van der Waals surface area contributed by atoms with Gasteiger partial charge in [0.1, 0.15) is 73.2 Å². The van der Waals surface area contributed by atoms with Crippen LogP contribution in [0.15, 0.2) is 0 Å². The molecule has 3 saturated heterocycles. The second-order valence-corrected chi connectivity index (χ2v) is 23.2. The first-order valence-corrected chi connectivity index (χ1v) is 31.8. The summed E-state index contributed by atoms with van der Waals surface area (Å²) in [6.45, 7) is 1.71. The van der Waals surface area contributed by atoms with E-state index in [0.29, 0.717) is 12.8 Å². The smallest absolute Gasteiger partial charge is 0.220 e. The van der Waals surface area contributed by atoms with Gasteiger partial charge in [0, 0.05) is 6.42 Å². The summed E-state index contributed by atoms with van der Waals surface area (Å²) in [5.74, 6) is -0.253. The third-order valence-corrected chi connectivity index (χ3v) is 16.4. The largest absolute Gasteiger partial charge is 0.394 e. The second-order valence-electron chi connectivity index (χ2n) is 23.2. The van der Waals surface area contributed by atoms with Gasteiger partial charge in [0.05, 0.1) is 38.6 Å². The number of rotatable bonds is 48. The van der Waals surface area contributed by atoms with Crippen molar-refractivity contribution in [1.82, 2.24) is 5.32 Å². The first kappa shape index (κ1) is 72.1. The molecule has 1 amide bonds. The lowest BCUT2D eigenvalue weighted by Gasteiger charge is -2.48. The Balaban J connectivity index is 1.33. The van der Waals surface area contributed by atoms with Gasteiger partial charge in [-0.25, -0.2) is 0 Å². The first-order chi connectivity index (χ1) is 38.3. The number of amides is 1. The summed E-state index contributed by atoms with van der Waals surface area (Å²) >= 11 is 0. The zero-order valence-corrected chi connectivity index (χ0v) is 48.9. The van der Waals surface area contributed by atoms with E-state index in [0.717, 1.165) is 51.4 Å². The molecule has 19 nitrogen and oxygen atoms in total. The quantitative estimate of drug-likeness (QED) is 0.0294. The van der Waals surface area contributed by atoms with Crippen molar-refractivity contribution >= 4 is 5.91 Å². The fourth-order valence-electron chi connectivity index (χ4n) is 11.2. The average molecular weight is 1140 g/mol. The summed E-state index contributed by atoms with van der Waals surface area (Å²) in [6.07, 6.45) is 17.2. The molecule has 0 aliphatic carbocycles. The van der Waals surface area contributed by atoms with E-state index in [1.54, 1.807) is 0 Å². The predicted octanol–water partition coefficient (Wildman–Crippen LogP) is 6.38. The molecule has 3 rings (SSSR count). The minimum absolute atomic E-state index is 0.253. The SMILES string of the molecule is CCCCCCCCCCCCCCCCCCCCCCCCCCCCCCCC(O)C(COC1OC(CO)C(OC2OC(CO)C(OC3OC(CO)C(O)C(O)C3O)C(O)C2O)C(O)C1O)NC(=O)CCCCCCC. The molecule has 0 radical (unpaired) electrons. The van der Waals surface area contributed by atoms with Crippen molar-refractivity contribution < 1.29 is 89.4 Å². The number of ether oxygens (including phenoxy) is 6. The predicted molar refractivity (Wildman–Crippen MR) is 300 cm³/mol. The molecule has 17 unspecified atom stereocenters. The van der Waals surface area contributed by atoms with E-state index in [1.165, 1.54) is 161 Å². The molecular weight excluding hydrogens is 1020 g/mol. The van der Waals surface area contributed by atoms with Crippen molar-refractivity contribution in [3.05, 3.63) is 0 Å². The summed E-state index contributed by atoms with van der Waals surface area (Å²) in [5.41, 5.74) is 0. The number of aliphatic hydroxyl groups is 11. The lowest BCUT2D eigenvalue weighted by molar-refractivity contribution is -0.379. The molecule has 0 spiro atoms. The van der Waals surface area contributed by atoms with E-state index in [2.05, 4.69) is 19.2 Å². The van der Waals surface area contributed by atoms with Gasteiger partial charge in [0.2, 0.25) is 5.91 Å². The van der Waals surface area contributed by atoms with Crippen LogP contribution >= 0.6 is 0 Å². The highest BCUT2D eigenvalue weighted by molar-refractivity contribution is 5.76. The van der Waals surface area contributed by atoms with Crippen molar-refractivity contribution in [2.45, 2.75) is 349 Å². The Morgan fingerprint density at radius 3 is 1.10 bits per heavy atom. The fraction of sp³-hybridized carbons (Fsp3) is 0.983. The maximum absolute atomic E-state index is 13.1. The molecular formula is C60H115NO18. The maximum atomic E-state index is 13.1. The maximum Gasteiger partial charge on any atom is 0.220 e. The van der Waals surface area contributed by atoms with E-state index in [9.17, 15) is 61.0 Å². The Bertz CT molecular complexity index is 1450.